The van der Waals surface area contributed by atoms with E-state index in [1.165, 1.54) is 27.4 Å². The zero-order valence-electron chi connectivity index (χ0n) is 15.4. The molecule has 0 fully saturated rings. The molecule has 2 N–H and O–H groups in total. The van der Waals surface area contributed by atoms with Crippen LogP contribution in [-0.2, 0) is 11.2 Å². The summed E-state index contributed by atoms with van der Waals surface area (Å²) in [6, 6.07) is 6.17. The topological polar surface area (TPSA) is 94.1 Å². The average molecular weight is 371 g/mol. The normalized spacial score (nSPS) is 15.0. The molecular weight excluding hydrogens is 350 g/mol. The summed E-state index contributed by atoms with van der Waals surface area (Å²) < 4.78 is 15.9. The van der Waals surface area contributed by atoms with Crippen LogP contribution in [-0.4, -0.2) is 32.8 Å². The fraction of sp³-hybridized carbons (Fsp3) is 0.300. The number of benzene rings is 1. The minimum Gasteiger partial charge on any atom is -0.502 e. The van der Waals surface area contributed by atoms with Gasteiger partial charge in [-0.25, -0.2) is 0 Å². The van der Waals surface area contributed by atoms with Crippen LogP contribution in [0.1, 0.15) is 23.6 Å². The van der Waals surface area contributed by atoms with Gasteiger partial charge in [0, 0.05) is 5.56 Å². The molecule has 0 saturated carbocycles. The Morgan fingerprint density at radius 2 is 1.85 bits per heavy atom. The predicted octanol–water partition coefficient (Wildman–Crippen LogP) is 2.18. The lowest BCUT2D eigenvalue weighted by atomic mass is 9.95. The molecular formula is C20H21NO6. The molecule has 0 bridgehead atoms. The summed E-state index contributed by atoms with van der Waals surface area (Å²) in [5.74, 6) is 0.629. The predicted molar refractivity (Wildman–Crippen MR) is 99.7 cm³/mol. The van der Waals surface area contributed by atoms with Crippen LogP contribution in [0.15, 0.2) is 29.1 Å². The second-order valence-electron chi connectivity index (χ2n) is 6.15. The Morgan fingerprint density at radius 3 is 2.48 bits per heavy atom. The van der Waals surface area contributed by atoms with Gasteiger partial charge < -0.3 is 24.6 Å². The molecule has 1 atom stereocenters. The minimum atomic E-state index is -0.368. The minimum absolute atomic E-state index is 0.118. The van der Waals surface area contributed by atoms with Gasteiger partial charge in [0.05, 0.1) is 27.4 Å². The van der Waals surface area contributed by atoms with Crippen LogP contribution in [0.2, 0.25) is 0 Å². The number of hydrogen-bond acceptors (Lipinski definition) is 6. The summed E-state index contributed by atoms with van der Waals surface area (Å²) >= 11 is 0. The quantitative estimate of drug-likeness (QED) is 0.783. The van der Waals surface area contributed by atoms with Crippen LogP contribution in [0.3, 0.4) is 0 Å². The van der Waals surface area contributed by atoms with Crippen molar-refractivity contribution in [1.29, 1.82) is 0 Å². The number of fused-ring (bicyclic) bond motifs is 3. The zero-order valence-corrected chi connectivity index (χ0v) is 15.4. The maximum Gasteiger partial charge on any atom is 0.220 e. The highest BCUT2D eigenvalue weighted by Crippen LogP contribution is 2.49. The lowest BCUT2D eigenvalue weighted by Gasteiger charge is -2.17. The standard InChI is InChI=1S/C20H21NO6/c1-25-16-7-5-12-13(9-15(16)23)14(21-10-22)6-4-11-8-17(26-2)19(24)20(27-3)18(11)12/h5,7-10,14,24H,4,6H2,1-3H3,(H,21,22)/t14-/m0/s1. The Kier molecular flexibility index (Phi) is 5.21. The third-order valence-corrected chi connectivity index (χ3v) is 4.80. The van der Waals surface area contributed by atoms with Crippen molar-refractivity contribution in [1.82, 2.24) is 5.32 Å². The highest BCUT2D eigenvalue weighted by molar-refractivity contribution is 5.82. The fourth-order valence-corrected chi connectivity index (χ4v) is 3.54. The first-order chi connectivity index (χ1) is 13.0. The number of methoxy groups -OCH3 is 3. The molecule has 0 aliphatic heterocycles. The Morgan fingerprint density at radius 1 is 1.11 bits per heavy atom. The van der Waals surface area contributed by atoms with Crippen LogP contribution in [0.5, 0.6) is 23.0 Å². The van der Waals surface area contributed by atoms with E-state index in [0.29, 0.717) is 41.7 Å². The van der Waals surface area contributed by atoms with E-state index in [0.717, 1.165) is 5.56 Å². The van der Waals surface area contributed by atoms with Crippen molar-refractivity contribution in [3.05, 3.63) is 45.6 Å². The van der Waals surface area contributed by atoms with Gasteiger partial charge in [0.1, 0.15) is 0 Å². The molecule has 2 aromatic carbocycles. The van der Waals surface area contributed by atoms with E-state index in [2.05, 4.69) is 5.32 Å². The number of aryl methyl sites for hydroxylation is 1. The van der Waals surface area contributed by atoms with E-state index >= 15 is 0 Å². The number of phenolic OH excluding ortho intramolecular Hbond substituents is 1. The lowest BCUT2D eigenvalue weighted by Crippen LogP contribution is -2.20. The molecule has 3 rings (SSSR count). The van der Waals surface area contributed by atoms with Crippen molar-refractivity contribution in [2.24, 2.45) is 0 Å². The molecule has 0 aromatic heterocycles. The molecule has 0 radical (unpaired) electrons. The summed E-state index contributed by atoms with van der Waals surface area (Å²) in [4.78, 5) is 23.6. The Balaban J connectivity index is 2.41. The van der Waals surface area contributed by atoms with Crippen LogP contribution in [0.4, 0.5) is 0 Å². The molecule has 0 unspecified atom stereocenters. The summed E-state index contributed by atoms with van der Waals surface area (Å²) in [7, 11) is 4.36. The number of hydrogen-bond donors (Lipinski definition) is 2. The first kappa shape index (κ1) is 18.6. The van der Waals surface area contributed by atoms with Gasteiger partial charge in [0.2, 0.25) is 17.6 Å². The number of amides is 1. The van der Waals surface area contributed by atoms with Crippen LogP contribution in [0.25, 0.3) is 11.1 Å². The number of rotatable bonds is 5. The SMILES string of the molecule is COc1cc2c(c(OC)c1O)-c1ccc(OC)c(=O)cc1[C@@H](NC=O)CC2. The van der Waals surface area contributed by atoms with Crippen LogP contribution < -0.4 is 25.0 Å². The smallest absolute Gasteiger partial charge is 0.220 e. The second-order valence-corrected chi connectivity index (χ2v) is 6.15. The van der Waals surface area contributed by atoms with E-state index in [1.54, 1.807) is 18.2 Å². The molecule has 0 saturated heterocycles. The van der Waals surface area contributed by atoms with Crippen molar-refractivity contribution in [2.45, 2.75) is 18.9 Å². The first-order valence-corrected chi connectivity index (χ1v) is 8.44. The van der Waals surface area contributed by atoms with Crippen molar-refractivity contribution in [3.63, 3.8) is 0 Å². The number of nitrogens with one attached hydrogen (secondary N) is 1. The van der Waals surface area contributed by atoms with Gasteiger partial charge in [-0.2, -0.15) is 0 Å². The number of carbonyl (C=O) groups is 1. The third kappa shape index (κ3) is 3.16. The van der Waals surface area contributed by atoms with E-state index in [4.69, 9.17) is 14.2 Å². The largest absolute Gasteiger partial charge is 0.502 e. The fourth-order valence-electron chi connectivity index (χ4n) is 3.54. The zero-order chi connectivity index (χ0) is 19.6. The number of carbonyl (C=O) groups excluding carboxylic acids is 1. The van der Waals surface area contributed by atoms with Gasteiger partial charge in [-0.05, 0) is 47.7 Å². The molecule has 7 heteroatoms. The van der Waals surface area contributed by atoms with Gasteiger partial charge >= 0.3 is 0 Å². The lowest BCUT2D eigenvalue weighted by molar-refractivity contribution is -0.110. The molecule has 1 aliphatic rings. The van der Waals surface area contributed by atoms with E-state index in [1.807, 2.05) is 0 Å². The summed E-state index contributed by atoms with van der Waals surface area (Å²) in [6.45, 7) is 0. The third-order valence-electron chi connectivity index (χ3n) is 4.80. The Bertz CT molecular complexity index is 941. The summed E-state index contributed by atoms with van der Waals surface area (Å²) in [6.07, 6.45) is 1.79. The van der Waals surface area contributed by atoms with Gasteiger partial charge in [-0.1, -0.05) is 6.07 Å². The van der Waals surface area contributed by atoms with Crippen molar-refractivity contribution in [3.8, 4) is 34.1 Å². The monoisotopic (exact) mass is 371 g/mol. The van der Waals surface area contributed by atoms with Gasteiger partial charge in [0.15, 0.2) is 17.2 Å². The van der Waals surface area contributed by atoms with E-state index in [-0.39, 0.29) is 28.7 Å². The van der Waals surface area contributed by atoms with Gasteiger partial charge in [0.25, 0.3) is 0 Å². The number of phenols is 1. The number of aromatic hydroxyl groups is 1. The summed E-state index contributed by atoms with van der Waals surface area (Å²) in [5, 5.41) is 13.3. The molecule has 1 amide bonds. The van der Waals surface area contributed by atoms with E-state index < -0.39 is 0 Å². The Labute approximate surface area is 156 Å². The first-order valence-electron chi connectivity index (χ1n) is 8.44. The second kappa shape index (κ2) is 7.57. The highest BCUT2D eigenvalue weighted by Gasteiger charge is 2.28. The van der Waals surface area contributed by atoms with Gasteiger partial charge in [-0.3, -0.25) is 9.59 Å². The molecule has 0 spiro atoms. The molecule has 2 aromatic rings. The molecule has 7 nitrogen and oxygen atoms in total. The van der Waals surface area contributed by atoms with Crippen molar-refractivity contribution >= 4 is 6.41 Å². The number of ether oxygens (including phenoxy) is 3. The van der Waals surface area contributed by atoms with E-state index in [9.17, 15) is 14.7 Å². The maximum atomic E-state index is 12.5. The van der Waals surface area contributed by atoms with Crippen molar-refractivity contribution < 1.29 is 24.1 Å². The van der Waals surface area contributed by atoms with Crippen LogP contribution in [0, 0.1) is 0 Å². The van der Waals surface area contributed by atoms with Crippen LogP contribution >= 0.6 is 0 Å². The maximum absolute atomic E-state index is 12.5. The molecule has 27 heavy (non-hydrogen) atoms. The molecule has 142 valence electrons. The highest BCUT2D eigenvalue weighted by atomic mass is 16.5. The molecule has 1 aliphatic carbocycles. The molecule has 0 heterocycles. The summed E-state index contributed by atoms with van der Waals surface area (Å²) in [5.41, 5.74) is 2.57. The van der Waals surface area contributed by atoms with Gasteiger partial charge in [-0.15, -0.1) is 0 Å². The average Bonchev–Trinajstić information content (AvgIpc) is 2.91. The van der Waals surface area contributed by atoms with Crippen molar-refractivity contribution in [2.75, 3.05) is 21.3 Å². The Hall–Kier alpha value is -3.22.